The Morgan fingerprint density at radius 3 is 2.78 bits per heavy atom. The van der Waals surface area contributed by atoms with E-state index in [1.54, 1.807) is 7.11 Å². The van der Waals surface area contributed by atoms with Crippen LogP contribution in [-0.2, 0) is 11.2 Å². The number of aromatic nitrogens is 2. The summed E-state index contributed by atoms with van der Waals surface area (Å²) in [5.74, 6) is 1.81. The third kappa shape index (κ3) is 3.42. The number of rotatable bonds is 7. The predicted molar refractivity (Wildman–Crippen MR) is 72.8 cm³/mol. The van der Waals surface area contributed by atoms with Gasteiger partial charge in [-0.1, -0.05) is 6.92 Å². The molecule has 0 unspecified atom stereocenters. The molecule has 100 valence electrons. The molecule has 2 rings (SSSR count). The largest absolute Gasteiger partial charge is 0.385 e. The molecule has 1 aromatic heterocycles. The predicted octanol–water partition coefficient (Wildman–Crippen LogP) is 2.58. The molecule has 0 saturated heterocycles. The third-order valence-electron chi connectivity index (χ3n) is 3.69. The zero-order valence-corrected chi connectivity index (χ0v) is 11.6. The number of hydrogen-bond acceptors (Lipinski definition) is 4. The molecule has 1 aromatic rings. The van der Waals surface area contributed by atoms with Crippen LogP contribution in [0.4, 0.5) is 5.82 Å². The number of nitrogens with one attached hydrogen (secondary N) is 1. The van der Waals surface area contributed by atoms with Crippen LogP contribution in [-0.4, -0.2) is 30.2 Å². The zero-order valence-electron chi connectivity index (χ0n) is 11.6. The van der Waals surface area contributed by atoms with Crippen LogP contribution in [0.2, 0.25) is 0 Å². The van der Waals surface area contributed by atoms with Crippen molar-refractivity contribution in [1.29, 1.82) is 0 Å². The quantitative estimate of drug-likeness (QED) is 0.807. The van der Waals surface area contributed by atoms with Crippen molar-refractivity contribution in [2.75, 3.05) is 25.6 Å². The first-order valence-corrected chi connectivity index (χ1v) is 6.75. The molecule has 0 bridgehead atoms. The highest BCUT2D eigenvalue weighted by Crippen LogP contribution is 2.48. The Bertz CT molecular complexity index is 402. The summed E-state index contributed by atoms with van der Waals surface area (Å²) < 4.78 is 5.17. The Kier molecular flexibility index (Phi) is 4.17. The maximum atomic E-state index is 5.17. The second-order valence-corrected chi connectivity index (χ2v) is 5.24. The van der Waals surface area contributed by atoms with Gasteiger partial charge in [-0.3, -0.25) is 0 Å². The maximum Gasteiger partial charge on any atom is 0.129 e. The number of aryl methyl sites for hydroxylation is 2. The molecule has 0 amide bonds. The van der Waals surface area contributed by atoms with E-state index in [9.17, 15) is 0 Å². The van der Waals surface area contributed by atoms with Crippen LogP contribution >= 0.6 is 0 Å². The van der Waals surface area contributed by atoms with Crippen LogP contribution < -0.4 is 5.32 Å². The number of hydrogen-bond donors (Lipinski definition) is 1. The highest BCUT2D eigenvalue weighted by atomic mass is 16.5. The van der Waals surface area contributed by atoms with Gasteiger partial charge in [-0.2, -0.15) is 0 Å². The molecule has 0 atom stereocenters. The molecule has 1 heterocycles. The van der Waals surface area contributed by atoms with Gasteiger partial charge in [0.2, 0.25) is 0 Å². The van der Waals surface area contributed by atoms with E-state index in [1.165, 1.54) is 12.8 Å². The minimum atomic E-state index is 0.446. The van der Waals surface area contributed by atoms with E-state index in [4.69, 9.17) is 4.74 Å². The highest BCUT2D eigenvalue weighted by Gasteiger charge is 2.41. The average molecular weight is 249 g/mol. The molecule has 1 saturated carbocycles. The summed E-state index contributed by atoms with van der Waals surface area (Å²) in [5.41, 5.74) is 1.55. The van der Waals surface area contributed by atoms with Crippen LogP contribution in [0.1, 0.15) is 37.7 Å². The van der Waals surface area contributed by atoms with Gasteiger partial charge < -0.3 is 10.1 Å². The fraction of sp³-hybridized carbons (Fsp3) is 0.714. The van der Waals surface area contributed by atoms with Gasteiger partial charge in [0.05, 0.1) is 0 Å². The summed E-state index contributed by atoms with van der Waals surface area (Å²) in [6.07, 6.45) is 4.69. The van der Waals surface area contributed by atoms with Crippen LogP contribution in [0.3, 0.4) is 0 Å². The van der Waals surface area contributed by atoms with Gasteiger partial charge >= 0.3 is 0 Å². The van der Waals surface area contributed by atoms with Crippen LogP contribution in [0.25, 0.3) is 0 Å². The summed E-state index contributed by atoms with van der Waals surface area (Å²) >= 11 is 0. The average Bonchev–Trinajstić information content (AvgIpc) is 3.14. The van der Waals surface area contributed by atoms with E-state index >= 15 is 0 Å². The molecule has 0 radical (unpaired) electrons. The van der Waals surface area contributed by atoms with Crippen LogP contribution in [0.5, 0.6) is 0 Å². The molecular weight excluding hydrogens is 226 g/mol. The van der Waals surface area contributed by atoms with Crippen molar-refractivity contribution in [2.24, 2.45) is 5.41 Å². The number of anilines is 1. The van der Waals surface area contributed by atoms with Crippen molar-refractivity contribution in [1.82, 2.24) is 9.97 Å². The molecule has 1 aliphatic rings. The fourth-order valence-corrected chi connectivity index (χ4v) is 2.19. The molecule has 0 aromatic carbocycles. The van der Waals surface area contributed by atoms with Crippen molar-refractivity contribution in [3.05, 3.63) is 17.6 Å². The minimum absolute atomic E-state index is 0.446. The molecular formula is C14H23N3O. The van der Waals surface area contributed by atoms with E-state index < -0.39 is 0 Å². The van der Waals surface area contributed by atoms with Crippen molar-refractivity contribution >= 4 is 5.82 Å². The summed E-state index contributed by atoms with van der Waals surface area (Å²) in [6, 6.07) is 2.05. The number of methoxy groups -OCH3 is 1. The first-order valence-electron chi connectivity index (χ1n) is 6.75. The van der Waals surface area contributed by atoms with E-state index in [0.29, 0.717) is 5.41 Å². The van der Waals surface area contributed by atoms with Crippen molar-refractivity contribution in [3.8, 4) is 0 Å². The first kappa shape index (κ1) is 13.3. The van der Waals surface area contributed by atoms with Gasteiger partial charge in [0.15, 0.2) is 0 Å². The lowest BCUT2D eigenvalue weighted by molar-refractivity contribution is 0.175. The smallest absolute Gasteiger partial charge is 0.129 e. The van der Waals surface area contributed by atoms with E-state index in [1.807, 2.05) is 6.92 Å². The van der Waals surface area contributed by atoms with E-state index in [2.05, 4.69) is 28.3 Å². The molecule has 1 aliphatic carbocycles. The molecule has 1 N–H and O–H groups in total. The van der Waals surface area contributed by atoms with Gasteiger partial charge in [0.25, 0.3) is 0 Å². The molecule has 4 nitrogen and oxygen atoms in total. The SMILES string of the molecule is CCc1cc(NCC2(CCOC)CC2)nc(C)n1. The Balaban J connectivity index is 1.92. The number of nitrogens with zero attached hydrogens (tertiary/aromatic N) is 2. The maximum absolute atomic E-state index is 5.17. The molecule has 1 fully saturated rings. The Labute approximate surface area is 109 Å². The van der Waals surface area contributed by atoms with Crippen molar-refractivity contribution in [3.63, 3.8) is 0 Å². The Hall–Kier alpha value is -1.16. The normalized spacial score (nSPS) is 16.6. The van der Waals surface area contributed by atoms with Gasteiger partial charge in [-0.25, -0.2) is 9.97 Å². The van der Waals surface area contributed by atoms with Gasteiger partial charge in [0, 0.05) is 32.0 Å². The second-order valence-electron chi connectivity index (χ2n) is 5.24. The first-order chi connectivity index (χ1) is 8.67. The lowest BCUT2D eigenvalue weighted by atomic mass is 10.0. The van der Waals surface area contributed by atoms with Gasteiger partial charge in [0.1, 0.15) is 11.6 Å². The summed E-state index contributed by atoms with van der Waals surface area (Å²) in [7, 11) is 1.77. The Morgan fingerprint density at radius 1 is 1.39 bits per heavy atom. The second kappa shape index (κ2) is 5.65. The van der Waals surface area contributed by atoms with Crippen LogP contribution in [0.15, 0.2) is 6.07 Å². The standard InChI is InChI=1S/C14H23N3O/c1-4-12-9-13(17-11(2)16-12)15-10-14(5-6-14)7-8-18-3/h9H,4-8,10H2,1-3H3,(H,15,16,17). The zero-order chi connectivity index (χ0) is 13.0. The van der Waals surface area contributed by atoms with Crippen LogP contribution in [0, 0.1) is 12.3 Å². The van der Waals surface area contributed by atoms with Gasteiger partial charge in [-0.05, 0) is 38.0 Å². The molecule has 4 heteroatoms. The summed E-state index contributed by atoms with van der Waals surface area (Å²) in [6.45, 7) is 5.91. The van der Waals surface area contributed by atoms with Gasteiger partial charge in [-0.15, -0.1) is 0 Å². The minimum Gasteiger partial charge on any atom is -0.385 e. The monoisotopic (exact) mass is 249 g/mol. The summed E-state index contributed by atoms with van der Waals surface area (Å²) in [4.78, 5) is 8.83. The lowest BCUT2D eigenvalue weighted by Gasteiger charge is -2.16. The fourth-order valence-electron chi connectivity index (χ4n) is 2.19. The topological polar surface area (TPSA) is 47.0 Å². The summed E-state index contributed by atoms with van der Waals surface area (Å²) in [5, 5.41) is 3.47. The highest BCUT2D eigenvalue weighted by molar-refractivity contribution is 5.36. The Morgan fingerprint density at radius 2 is 2.17 bits per heavy atom. The number of ether oxygens (including phenoxy) is 1. The van der Waals surface area contributed by atoms with Crippen molar-refractivity contribution in [2.45, 2.75) is 39.5 Å². The third-order valence-corrected chi connectivity index (χ3v) is 3.69. The lowest BCUT2D eigenvalue weighted by Crippen LogP contribution is -2.18. The molecule has 0 aliphatic heterocycles. The van der Waals surface area contributed by atoms with Crippen molar-refractivity contribution < 1.29 is 4.74 Å². The molecule has 18 heavy (non-hydrogen) atoms. The van der Waals surface area contributed by atoms with E-state index in [0.717, 1.165) is 43.3 Å². The molecule has 0 spiro atoms. The van der Waals surface area contributed by atoms with E-state index in [-0.39, 0.29) is 0 Å².